The molecule has 1 N–H and O–H groups in total. The summed E-state index contributed by atoms with van der Waals surface area (Å²) in [5, 5.41) is 3.26. The number of anilines is 2. The van der Waals surface area contributed by atoms with E-state index < -0.39 is 0 Å². The Bertz CT molecular complexity index is 1250. The molecule has 3 aromatic rings. The number of nitrogens with zero attached hydrogens (tertiary/aromatic N) is 1. The smallest absolute Gasteiger partial charge is 0.282 e. The predicted molar refractivity (Wildman–Crippen MR) is 131 cm³/mol. The van der Waals surface area contributed by atoms with E-state index in [1.165, 1.54) is 10.5 Å². The van der Waals surface area contributed by atoms with E-state index in [2.05, 4.69) is 12.2 Å². The number of aryl methyl sites for hydroxylation is 5. The maximum Gasteiger partial charge on any atom is 0.282 e. The van der Waals surface area contributed by atoms with Crippen LogP contribution in [0.15, 0.2) is 66.4 Å². The van der Waals surface area contributed by atoms with E-state index in [0.717, 1.165) is 39.9 Å². The maximum absolute atomic E-state index is 13.7. The number of rotatable bonds is 5. The third-order valence-corrected chi connectivity index (χ3v) is 5.96. The molecule has 0 saturated heterocycles. The van der Waals surface area contributed by atoms with Crippen LogP contribution in [0.4, 0.5) is 11.4 Å². The summed E-state index contributed by atoms with van der Waals surface area (Å²) < 4.78 is 0. The van der Waals surface area contributed by atoms with Crippen LogP contribution in [0.3, 0.4) is 0 Å². The quantitative estimate of drug-likeness (QED) is 0.521. The summed E-state index contributed by atoms with van der Waals surface area (Å²) in [6.45, 7) is 10.0. The molecular formula is C28H28N2O2. The Morgan fingerprint density at radius 3 is 1.97 bits per heavy atom. The van der Waals surface area contributed by atoms with Crippen LogP contribution in [0.1, 0.15) is 40.3 Å². The molecule has 0 radical (unpaired) electrons. The zero-order valence-corrected chi connectivity index (χ0v) is 19.2. The van der Waals surface area contributed by atoms with Crippen molar-refractivity contribution in [2.24, 2.45) is 0 Å². The number of benzene rings is 3. The second kappa shape index (κ2) is 8.46. The Labute approximate surface area is 189 Å². The summed E-state index contributed by atoms with van der Waals surface area (Å²) in [7, 11) is 0. The van der Waals surface area contributed by atoms with Gasteiger partial charge in [0.25, 0.3) is 11.8 Å². The topological polar surface area (TPSA) is 49.4 Å². The second-order valence-corrected chi connectivity index (χ2v) is 8.48. The minimum Gasteiger partial charge on any atom is -0.350 e. The number of carbonyl (C=O) groups is 2. The summed E-state index contributed by atoms with van der Waals surface area (Å²) in [5.41, 5.74) is 8.15. The van der Waals surface area contributed by atoms with E-state index in [4.69, 9.17) is 0 Å². The highest BCUT2D eigenvalue weighted by molar-refractivity contribution is 6.46. The molecular weight excluding hydrogens is 396 g/mol. The van der Waals surface area contributed by atoms with Gasteiger partial charge in [-0.1, -0.05) is 60.5 Å². The molecule has 1 aliphatic heterocycles. The number of hydrogen-bond donors (Lipinski definition) is 1. The van der Waals surface area contributed by atoms with Crippen molar-refractivity contribution in [1.82, 2.24) is 0 Å². The number of carbonyl (C=O) groups excluding carboxylic acids is 2. The lowest BCUT2D eigenvalue weighted by atomic mass is 9.97. The van der Waals surface area contributed by atoms with E-state index in [1.807, 2.05) is 88.4 Å². The Hall–Kier alpha value is -3.66. The van der Waals surface area contributed by atoms with Crippen molar-refractivity contribution < 1.29 is 9.59 Å². The van der Waals surface area contributed by atoms with Gasteiger partial charge in [-0.2, -0.15) is 0 Å². The summed E-state index contributed by atoms with van der Waals surface area (Å²) in [5.74, 6) is -0.641. The van der Waals surface area contributed by atoms with E-state index in [-0.39, 0.29) is 11.8 Å². The van der Waals surface area contributed by atoms with Gasteiger partial charge in [0.15, 0.2) is 0 Å². The largest absolute Gasteiger partial charge is 0.350 e. The molecule has 4 heteroatoms. The third-order valence-electron chi connectivity index (χ3n) is 5.96. The maximum atomic E-state index is 13.7. The van der Waals surface area contributed by atoms with Gasteiger partial charge in [-0.3, -0.25) is 9.59 Å². The fourth-order valence-electron chi connectivity index (χ4n) is 4.23. The minimum atomic E-state index is -0.337. The number of hydrogen-bond acceptors (Lipinski definition) is 3. The van der Waals surface area contributed by atoms with Gasteiger partial charge in [0.1, 0.15) is 5.70 Å². The van der Waals surface area contributed by atoms with Gasteiger partial charge >= 0.3 is 0 Å². The van der Waals surface area contributed by atoms with Crippen molar-refractivity contribution in [3.8, 4) is 0 Å². The van der Waals surface area contributed by atoms with Crippen LogP contribution in [-0.4, -0.2) is 11.8 Å². The molecule has 2 amide bonds. The van der Waals surface area contributed by atoms with Crippen LogP contribution < -0.4 is 10.2 Å². The standard InChI is InChI=1S/C28H28N2O2/c1-6-21-9-11-22(12-10-21)29-26-25(23-13-7-17(2)15-19(23)4)27(31)30(28(26)32)24-14-8-18(3)16-20(24)5/h7-16,29H,6H2,1-5H3. The second-order valence-electron chi connectivity index (χ2n) is 8.48. The van der Waals surface area contributed by atoms with Crippen LogP contribution in [0.25, 0.3) is 5.57 Å². The molecule has 1 aliphatic rings. The van der Waals surface area contributed by atoms with Gasteiger partial charge in [0, 0.05) is 5.69 Å². The first-order valence-corrected chi connectivity index (χ1v) is 10.9. The monoisotopic (exact) mass is 424 g/mol. The summed E-state index contributed by atoms with van der Waals surface area (Å²) in [6, 6.07) is 19.7. The number of imide groups is 1. The summed E-state index contributed by atoms with van der Waals surface area (Å²) in [4.78, 5) is 28.6. The molecule has 0 spiro atoms. The molecule has 3 aromatic carbocycles. The fourth-order valence-corrected chi connectivity index (χ4v) is 4.23. The average Bonchev–Trinajstić information content (AvgIpc) is 2.99. The highest BCUT2D eigenvalue weighted by Crippen LogP contribution is 2.36. The molecule has 0 atom stereocenters. The first kappa shape index (κ1) is 21.6. The van der Waals surface area contributed by atoms with Gasteiger partial charge in [-0.25, -0.2) is 4.90 Å². The fraction of sp³-hybridized carbons (Fsp3) is 0.214. The average molecular weight is 425 g/mol. The zero-order chi connectivity index (χ0) is 23.0. The van der Waals surface area contributed by atoms with Crippen molar-refractivity contribution in [2.45, 2.75) is 41.0 Å². The van der Waals surface area contributed by atoms with Crippen molar-refractivity contribution in [3.05, 3.63) is 99.7 Å². The Morgan fingerprint density at radius 2 is 1.38 bits per heavy atom. The summed E-state index contributed by atoms with van der Waals surface area (Å²) in [6.07, 6.45) is 0.939. The van der Waals surface area contributed by atoms with Crippen LogP contribution >= 0.6 is 0 Å². The van der Waals surface area contributed by atoms with Crippen molar-refractivity contribution in [2.75, 3.05) is 10.2 Å². The number of nitrogens with one attached hydrogen (secondary N) is 1. The Kier molecular flexibility index (Phi) is 5.70. The lowest BCUT2D eigenvalue weighted by Crippen LogP contribution is -2.33. The molecule has 4 rings (SSSR count). The first-order chi connectivity index (χ1) is 15.3. The molecule has 0 saturated carbocycles. The molecule has 4 nitrogen and oxygen atoms in total. The Balaban J connectivity index is 1.85. The van der Waals surface area contributed by atoms with Gasteiger partial charge in [-0.05, 0) is 74.6 Å². The van der Waals surface area contributed by atoms with E-state index in [1.54, 1.807) is 0 Å². The van der Waals surface area contributed by atoms with Gasteiger partial charge < -0.3 is 5.32 Å². The molecule has 0 bridgehead atoms. The molecule has 1 heterocycles. The normalized spacial score (nSPS) is 13.8. The summed E-state index contributed by atoms with van der Waals surface area (Å²) >= 11 is 0. The highest BCUT2D eigenvalue weighted by Gasteiger charge is 2.41. The van der Waals surface area contributed by atoms with Crippen LogP contribution in [0, 0.1) is 27.7 Å². The lowest BCUT2D eigenvalue weighted by molar-refractivity contribution is -0.120. The Morgan fingerprint density at radius 1 is 0.750 bits per heavy atom. The SMILES string of the molecule is CCc1ccc(NC2=C(c3ccc(C)cc3C)C(=O)N(c3ccc(C)cc3C)C2=O)cc1. The molecule has 0 fully saturated rings. The third kappa shape index (κ3) is 3.84. The van der Waals surface area contributed by atoms with E-state index in [9.17, 15) is 9.59 Å². The van der Waals surface area contributed by atoms with Crippen molar-refractivity contribution in [3.63, 3.8) is 0 Å². The molecule has 0 unspecified atom stereocenters. The van der Waals surface area contributed by atoms with Gasteiger partial charge in [0.2, 0.25) is 0 Å². The van der Waals surface area contributed by atoms with Crippen LogP contribution in [-0.2, 0) is 16.0 Å². The van der Waals surface area contributed by atoms with E-state index >= 15 is 0 Å². The van der Waals surface area contributed by atoms with Crippen molar-refractivity contribution in [1.29, 1.82) is 0 Å². The predicted octanol–water partition coefficient (Wildman–Crippen LogP) is 5.88. The van der Waals surface area contributed by atoms with Crippen molar-refractivity contribution >= 4 is 28.8 Å². The zero-order valence-electron chi connectivity index (χ0n) is 19.2. The number of amides is 2. The van der Waals surface area contributed by atoms with Gasteiger partial charge in [-0.15, -0.1) is 0 Å². The molecule has 0 aromatic heterocycles. The minimum absolute atomic E-state index is 0.304. The molecule has 162 valence electrons. The van der Waals surface area contributed by atoms with Gasteiger partial charge in [0.05, 0.1) is 11.3 Å². The van der Waals surface area contributed by atoms with E-state index in [0.29, 0.717) is 17.0 Å². The first-order valence-electron chi connectivity index (χ1n) is 10.9. The van der Waals surface area contributed by atoms with Crippen LogP contribution in [0.2, 0.25) is 0 Å². The molecule has 32 heavy (non-hydrogen) atoms. The lowest BCUT2D eigenvalue weighted by Gasteiger charge is -2.18. The van der Waals surface area contributed by atoms with Crippen LogP contribution in [0.5, 0.6) is 0 Å². The highest BCUT2D eigenvalue weighted by atomic mass is 16.2. The molecule has 0 aliphatic carbocycles.